The Morgan fingerprint density at radius 3 is 2.31 bits per heavy atom. The summed E-state index contributed by atoms with van der Waals surface area (Å²) in [5.74, 6) is 0.178. The number of benzene rings is 2. The summed E-state index contributed by atoms with van der Waals surface area (Å²) in [6.07, 6.45) is 0. The number of nitrogens with one attached hydrogen (secondary N) is 2. The average Bonchev–Trinajstić information content (AvgIpc) is 2.79. The van der Waals surface area contributed by atoms with E-state index in [2.05, 4.69) is 15.5 Å². The lowest BCUT2D eigenvalue weighted by atomic mass is 10.1. The van der Waals surface area contributed by atoms with Crippen LogP contribution in [0.5, 0.6) is 5.75 Å². The van der Waals surface area contributed by atoms with Crippen molar-refractivity contribution in [1.82, 2.24) is 10.2 Å². The molecule has 7 nitrogen and oxygen atoms in total. The molecule has 1 saturated heterocycles. The minimum Gasteiger partial charge on any atom is -0.496 e. The third-order valence-corrected chi connectivity index (χ3v) is 5.65. The summed E-state index contributed by atoms with van der Waals surface area (Å²) in [5.41, 5.74) is 2.33. The monoisotopic (exact) mass is 474 g/mol. The first-order chi connectivity index (χ1) is 15.3. The van der Waals surface area contributed by atoms with E-state index in [0.717, 1.165) is 11.4 Å². The average molecular weight is 475 g/mol. The van der Waals surface area contributed by atoms with Gasteiger partial charge < -0.3 is 25.2 Å². The number of nitrogens with zero attached hydrogens (tertiary/aromatic N) is 2. The first kappa shape index (κ1) is 23.8. The lowest BCUT2D eigenvalue weighted by Crippen LogP contribution is -2.48. The van der Waals surface area contributed by atoms with E-state index < -0.39 is 0 Å². The molecule has 0 saturated carbocycles. The van der Waals surface area contributed by atoms with Gasteiger partial charge in [-0.3, -0.25) is 9.59 Å². The Hall–Kier alpha value is -2.84. The van der Waals surface area contributed by atoms with Crippen molar-refractivity contribution in [1.29, 1.82) is 0 Å². The number of piperazine rings is 1. The van der Waals surface area contributed by atoms with E-state index in [4.69, 9.17) is 28.6 Å². The summed E-state index contributed by atoms with van der Waals surface area (Å²) < 4.78 is 5.32. The fraction of sp³-hybridized carbons (Fsp3) is 0.348. The third kappa shape index (κ3) is 5.89. The molecule has 170 valence electrons. The van der Waals surface area contributed by atoms with Gasteiger partial charge in [-0.2, -0.15) is 0 Å². The third-order valence-electron chi connectivity index (χ3n) is 5.21. The molecule has 1 aliphatic heterocycles. The lowest BCUT2D eigenvalue weighted by Gasteiger charge is -2.36. The number of rotatable bonds is 5. The van der Waals surface area contributed by atoms with E-state index >= 15 is 0 Å². The molecule has 1 fully saturated rings. The fourth-order valence-electron chi connectivity index (χ4n) is 3.36. The van der Waals surface area contributed by atoms with Crippen molar-refractivity contribution in [2.24, 2.45) is 5.92 Å². The summed E-state index contributed by atoms with van der Waals surface area (Å²) >= 11 is 11.3. The highest BCUT2D eigenvalue weighted by Gasteiger charge is 2.24. The van der Waals surface area contributed by atoms with Crippen LogP contribution in [0.1, 0.15) is 24.2 Å². The summed E-state index contributed by atoms with van der Waals surface area (Å²) in [7, 11) is 1.54. The molecule has 0 radical (unpaired) electrons. The van der Waals surface area contributed by atoms with Crippen LogP contribution < -0.4 is 20.3 Å². The largest absolute Gasteiger partial charge is 0.496 e. The Labute approximate surface area is 198 Å². The van der Waals surface area contributed by atoms with Crippen LogP contribution in [0, 0.1) is 5.92 Å². The second-order valence-electron chi connectivity index (χ2n) is 7.77. The molecule has 0 unspecified atom stereocenters. The van der Waals surface area contributed by atoms with Gasteiger partial charge >= 0.3 is 0 Å². The molecule has 0 bridgehead atoms. The van der Waals surface area contributed by atoms with Crippen LogP contribution in [0.15, 0.2) is 42.5 Å². The normalized spacial score (nSPS) is 13.7. The van der Waals surface area contributed by atoms with Gasteiger partial charge in [0.2, 0.25) is 5.91 Å². The van der Waals surface area contributed by atoms with Gasteiger partial charge in [0.05, 0.1) is 12.7 Å². The number of hydrogen-bond donors (Lipinski definition) is 2. The van der Waals surface area contributed by atoms with Crippen molar-refractivity contribution in [2.75, 3.05) is 43.5 Å². The van der Waals surface area contributed by atoms with Crippen molar-refractivity contribution >= 4 is 52.1 Å². The molecule has 2 amide bonds. The SMILES string of the molecule is COc1ccc(Cl)cc1C(=O)N1CCN(c2ccc(NC(=S)NC(=O)C(C)C)cc2)CC1. The van der Waals surface area contributed by atoms with Crippen LogP contribution in [0.3, 0.4) is 0 Å². The predicted octanol–water partition coefficient (Wildman–Crippen LogP) is 3.78. The van der Waals surface area contributed by atoms with Gasteiger partial charge in [-0.15, -0.1) is 0 Å². The molecule has 0 spiro atoms. The Morgan fingerprint density at radius 2 is 1.72 bits per heavy atom. The molecule has 0 aromatic heterocycles. The van der Waals surface area contributed by atoms with Crippen LogP contribution in [0.25, 0.3) is 0 Å². The van der Waals surface area contributed by atoms with Crippen LogP contribution in [0.2, 0.25) is 5.02 Å². The van der Waals surface area contributed by atoms with Gasteiger partial charge in [0.1, 0.15) is 5.75 Å². The predicted molar refractivity (Wildman–Crippen MR) is 132 cm³/mol. The van der Waals surface area contributed by atoms with E-state index in [-0.39, 0.29) is 22.8 Å². The standard InChI is InChI=1S/C23H27ClN4O3S/c1-15(2)21(29)26-23(32)25-17-5-7-18(8-6-17)27-10-12-28(13-11-27)22(30)19-14-16(24)4-9-20(19)31-3/h4-9,14-15H,10-13H2,1-3H3,(H2,25,26,29,32). The van der Waals surface area contributed by atoms with Crippen LogP contribution in [0.4, 0.5) is 11.4 Å². The number of carbonyl (C=O) groups is 2. The fourth-order valence-corrected chi connectivity index (χ4v) is 3.75. The Balaban J connectivity index is 1.56. The maximum atomic E-state index is 13.0. The Kier molecular flexibility index (Phi) is 7.93. The van der Waals surface area contributed by atoms with Crippen LogP contribution in [-0.2, 0) is 4.79 Å². The minimum atomic E-state index is -0.136. The number of carbonyl (C=O) groups excluding carboxylic acids is 2. The number of thiocarbonyl (C=S) groups is 1. The highest BCUT2D eigenvalue weighted by molar-refractivity contribution is 7.80. The molecular formula is C23H27ClN4O3S. The second kappa shape index (κ2) is 10.7. The molecule has 32 heavy (non-hydrogen) atoms. The molecule has 0 aliphatic carbocycles. The number of hydrogen-bond acceptors (Lipinski definition) is 5. The molecule has 9 heteroatoms. The highest BCUT2D eigenvalue weighted by Crippen LogP contribution is 2.25. The van der Waals surface area contributed by atoms with E-state index in [1.165, 1.54) is 0 Å². The molecular weight excluding hydrogens is 448 g/mol. The van der Waals surface area contributed by atoms with Crippen molar-refractivity contribution < 1.29 is 14.3 Å². The van der Waals surface area contributed by atoms with Crippen LogP contribution >= 0.6 is 23.8 Å². The summed E-state index contributed by atoms with van der Waals surface area (Å²) in [5, 5.41) is 6.46. The summed E-state index contributed by atoms with van der Waals surface area (Å²) in [6, 6.07) is 12.9. The maximum absolute atomic E-state index is 13.0. The van der Waals surface area contributed by atoms with Crippen LogP contribution in [-0.4, -0.2) is 55.1 Å². The van der Waals surface area contributed by atoms with E-state index in [9.17, 15) is 9.59 Å². The zero-order chi connectivity index (χ0) is 23.3. The first-order valence-electron chi connectivity index (χ1n) is 10.4. The van der Waals surface area contributed by atoms with Crippen molar-refractivity contribution in [2.45, 2.75) is 13.8 Å². The number of anilines is 2. The van der Waals surface area contributed by atoms with E-state index in [0.29, 0.717) is 42.5 Å². The highest BCUT2D eigenvalue weighted by atomic mass is 35.5. The van der Waals surface area contributed by atoms with Crippen molar-refractivity contribution in [3.63, 3.8) is 0 Å². The molecule has 3 rings (SSSR count). The van der Waals surface area contributed by atoms with E-state index in [1.54, 1.807) is 25.3 Å². The Morgan fingerprint density at radius 1 is 1.06 bits per heavy atom. The second-order valence-corrected chi connectivity index (χ2v) is 8.61. The van der Waals surface area contributed by atoms with Crippen molar-refractivity contribution in [3.05, 3.63) is 53.1 Å². The maximum Gasteiger partial charge on any atom is 0.257 e. The zero-order valence-corrected chi connectivity index (χ0v) is 19.9. The smallest absolute Gasteiger partial charge is 0.257 e. The van der Waals surface area contributed by atoms with Gasteiger partial charge in [0, 0.05) is 48.5 Å². The quantitative estimate of drug-likeness (QED) is 0.642. The van der Waals surface area contributed by atoms with Gasteiger partial charge in [-0.1, -0.05) is 25.4 Å². The molecule has 2 N–H and O–H groups in total. The Bertz CT molecular complexity index is 989. The van der Waals surface area contributed by atoms with Gasteiger partial charge in [-0.25, -0.2) is 0 Å². The molecule has 2 aromatic rings. The minimum absolute atomic E-state index is 0.0829. The van der Waals surface area contributed by atoms with E-state index in [1.807, 2.05) is 43.0 Å². The number of ether oxygens (including phenoxy) is 1. The lowest BCUT2D eigenvalue weighted by molar-refractivity contribution is -0.122. The molecule has 2 aromatic carbocycles. The molecule has 1 heterocycles. The molecule has 1 aliphatic rings. The summed E-state index contributed by atoms with van der Waals surface area (Å²) in [6.45, 7) is 6.24. The first-order valence-corrected chi connectivity index (χ1v) is 11.2. The zero-order valence-electron chi connectivity index (χ0n) is 18.4. The van der Waals surface area contributed by atoms with Crippen molar-refractivity contribution in [3.8, 4) is 5.75 Å². The van der Waals surface area contributed by atoms with Gasteiger partial charge in [0.15, 0.2) is 5.11 Å². The topological polar surface area (TPSA) is 73.9 Å². The van der Waals surface area contributed by atoms with Gasteiger partial charge in [-0.05, 0) is 54.7 Å². The summed E-state index contributed by atoms with van der Waals surface area (Å²) in [4.78, 5) is 28.7. The number of halogens is 1. The molecule has 0 atom stereocenters. The number of amides is 2. The van der Waals surface area contributed by atoms with Gasteiger partial charge in [0.25, 0.3) is 5.91 Å². The number of methoxy groups -OCH3 is 1.